The van der Waals surface area contributed by atoms with Gasteiger partial charge in [-0.15, -0.1) is 0 Å². The van der Waals surface area contributed by atoms with Crippen LogP contribution in [0.25, 0.3) is 0 Å². The number of rotatable bonds is 4. The summed E-state index contributed by atoms with van der Waals surface area (Å²) in [6, 6.07) is 7.99. The Kier molecular flexibility index (Phi) is 3.09. The van der Waals surface area contributed by atoms with Gasteiger partial charge in [0.15, 0.2) is 0 Å². The Balaban J connectivity index is 1.93. The van der Waals surface area contributed by atoms with Crippen molar-refractivity contribution in [2.75, 3.05) is 0 Å². The molecule has 1 N–H and O–H groups in total. The molecule has 3 heteroatoms. The first-order chi connectivity index (χ1) is 8.03. The highest BCUT2D eigenvalue weighted by atomic mass is 16.5. The Morgan fingerprint density at radius 3 is 2.82 bits per heavy atom. The minimum absolute atomic E-state index is 0.0446. The lowest BCUT2D eigenvalue weighted by molar-refractivity contribution is -0.159. The highest BCUT2D eigenvalue weighted by Gasteiger charge is 2.47. The van der Waals surface area contributed by atoms with E-state index >= 15 is 0 Å². The fourth-order valence-electron chi connectivity index (χ4n) is 2.23. The van der Waals surface area contributed by atoms with Crippen LogP contribution in [0.1, 0.15) is 32.3 Å². The van der Waals surface area contributed by atoms with Gasteiger partial charge in [0.05, 0.1) is 5.41 Å². The van der Waals surface area contributed by atoms with Gasteiger partial charge in [0.25, 0.3) is 0 Å². The number of carboxylic acids is 1. The number of aliphatic carboxylic acids is 1. The molecule has 0 spiro atoms. The molecule has 0 bridgehead atoms. The number of hydrogen-bond donors (Lipinski definition) is 1. The highest BCUT2D eigenvalue weighted by Crippen LogP contribution is 2.42. The first kappa shape index (κ1) is 12.0. The molecule has 0 aliphatic heterocycles. The monoisotopic (exact) mass is 234 g/mol. The van der Waals surface area contributed by atoms with Crippen LogP contribution in [0, 0.1) is 5.41 Å². The molecule has 1 aromatic rings. The maximum atomic E-state index is 10.9. The third kappa shape index (κ3) is 2.43. The molecule has 0 unspecified atom stereocenters. The van der Waals surface area contributed by atoms with Crippen molar-refractivity contribution in [2.45, 2.75) is 39.2 Å². The molecule has 0 atom stereocenters. The van der Waals surface area contributed by atoms with E-state index in [1.54, 1.807) is 6.92 Å². The summed E-state index contributed by atoms with van der Waals surface area (Å²) in [6.07, 6.45) is 2.22. The van der Waals surface area contributed by atoms with Crippen molar-refractivity contribution >= 4 is 5.97 Å². The molecule has 0 heterocycles. The number of aryl methyl sites for hydroxylation is 1. The summed E-state index contributed by atoms with van der Waals surface area (Å²) in [6.45, 7) is 3.88. The molecule has 0 radical (unpaired) electrons. The molecule has 1 aromatic carbocycles. The molecule has 17 heavy (non-hydrogen) atoms. The smallest absolute Gasteiger partial charge is 0.309 e. The second kappa shape index (κ2) is 4.40. The van der Waals surface area contributed by atoms with E-state index in [0.717, 1.165) is 12.2 Å². The summed E-state index contributed by atoms with van der Waals surface area (Å²) in [7, 11) is 0. The number of hydrogen-bond acceptors (Lipinski definition) is 2. The van der Waals surface area contributed by atoms with Gasteiger partial charge in [-0.05, 0) is 31.0 Å². The molecule has 1 saturated carbocycles. The summed E-state index contributed by atoms with van der Waals surface area (Å²) >= 11 is 0. The Bertz CT molecular complexity index is 419. The van der Waals surface area contributed by atoms with E-state index in [4.69, 9.17) is 9.84 Å². The van der Waals surface area contributed by atoms with Crippen LogP contribution in [0.15, 0.2) is 24.3 Å². The Morgan fingerprint density at radius 2 is 2.24 bits per heavy atom. The fourth-order valence-corrected chi connectivity index (χ4v) is 2.23. The van der Waals surface area contributed by atoms with Gasteiger partial charge in [-0.2, -0.15) is 0 Å². The van der Waals surface area contributed by atoms with Gasteiger partial charge >= 0.3 is 5.97 Å². The molecular formula is C14H18O3. The first-order valence-electron chi connectivity index (χ1n) is 6.02. The van der Waals surface area contributed by atoms with E-state index in [1.165, 1.54) is 5.56 Å². The SMILES string of the molecule is CCc1cccc(OC2CC(C)(C(=O)O)C2)c1. The molecule has 1 aliphatic rings. The number of ether oxygens (including phenoxy) is 1. The van der Waals surface area contributed by atoms with Gasteiger partial charge in [0, 0.05) is 12.8 Å². The third-order valence-electron chi connectivity index (χ3n) is 3.48. The van der Waals surface area contributed by atoms with E-state index in [0.29, 0.717) is 12.8 Å². The average Bonchev–Trinajstić information content (AvgIpc) is 2.27. The van der Waals surface area contributed by atoms with Crippen molar-refractivity contribution < 1.29 is 14.6 Å². The van der Waals surface area contributed by atoms with Crippen LogP contribution >= 0.6 is 0 Å². The summed E-state index contributed by atoms with van der Waals surface area (Å²) in [4.78, 5) is 10.9. The second-order valence-electron chi connectivity index (χ2n) is 5.01. The van der Waals surface area contributed by atoms with Gasteiger partial charge in [-0.1, -0.05) is 19.1 Å². The van der Waals surface area contributed by atoms with Gasteiger partial charge in [0.1, 0.15) is 11.9 Å². The zero-order valence-corrected chi connectivity index (χ0v) is 10.3. The lowest BCUT2D eigenvalue weighted by atomic mass is 9.68. The van der Waals surface area contributed by atoms with Crippen molar-refractivity contribution in [1.82, 2.24) is 0 Å². The second-order valence-corrected chi connectivity index (χ2v) is 5.01. The van der Waals surface area contributed by atoms with Gasteiger partial charge in [0.2, 0.25) is 0 Å². The molecule has 1 aliphatic carbocycles. The zero-order valence-electron chi connectivity index (χ0n) is 10.3. The predicted molar refractivity (Wildman–Crippen MR) is 65.2 cm³/mol. The minimum atomic E-state index is -0.723. The maximum Gasteiger partial charge on any atom is 0.309 e. The fraction of sp³-hybridized carbons (Fsp3) is 0.500. The van der Waals surface area contributed by atoms with E-state index in [1.807, 2.05) is 18.2 Å². The topological polar surface area (TPSA) is 46.5 Å². The molecule has 0 aromatic heterocycles. The number of benzene rings is 1. The summed E-state index contributed by atoms with van der Waals surface area (Å²) in [5.74, 6) is 0.126. The van der Waals surface area contributed by atoms with Crippen LogP contribution in [0.5, 0.6) is 5.75 Å². The van der Waals surface area contributed by atoms with Crippen LogP contribution in [0.3, 0.4) is 0 Å². The molecule has 0 saturated heterocycles. The van der Waals surface area contributed by atoms with Gasteiger partial charge < -0.3 is 9.84 Å². The zero-order chi connectivity index (χ0) is 12.5. The number of carboxylic acid groups (broad SMARTS) is 1. The summed E-state index contributed by atoms with van der Waals surface area (Å²) in [5.41, 5.74) is 0.648. The highest BCUT2D eigenvalue weighted by molar-refractivity contribution is 5.75. The first-order valence-corrected chi connectivity index (χ1v) is 6.02. The van der Waals surface area contributed by atoms with Crippen molar-refractivity contribution in [1.29, 1.82) is 0 Å². The molecule has 3 nitrogen and oxygen atoms in total. The van der Waals surface area contributed by atoms with E-state index in [-0.39, 0.29) is 6.10 Å². The van der Waals surface area contributed by atoms with E-state index in [9.17, 15) is 4.79 Å². The standard InChI is InChI=1S/C14H18O3/c1-3-10-5-4-6-11(7-10)17-12-8-14(2,9-12)13(15)16/h4-7,12H,3,8-9H2,1-2H3,(H,15,16). The van der Waals surface area contributed by atoms with Crippen molar-refractivity contribution in [3.05, 3.63) is 29.8 Å². The minimum Gasteiger partial charge on any atom is -0.490 e. The van der Waals surface area contributed by atoms with E-state index < -0.39 is 11.4 Å². The molecule has 92 valence electrons. The van der Waals surface area contributed by atoms with Crippen molar-refractivity contribution in [3.8, 4) is 5.75 Å². The van der Waals surface area contributed by atoms with Crippen LogP contribution in [0.4, 0.5) is 0 Å². The summed E-state index contributed by atoms with van der Waals surface area (Å²) in [5, 5.41) is 9.00. The normalized spacial score (nSPS) is 27.3. The van der Waals surface area contributed by atoms with Gasteiger partial charge in [-0.3, -0.25) is 4.79 Å². The van der Waals surface area contributed by atoms with Crippen LogP contribution < -0.4 is 4.74 Å². The van der Waals surface area contributed by atoms with Crippen LogP contribution in [-0.4, -0.2) is 17.2 Å². The van der Waals surface area contributed by atoms with Gasteiger partial charge in [-0.25, -0.2) is 0 Å². The summed E-state index contributed by atoms with van der Waals surface area (Å²) < 4.78 is 5.78. The quantitative estimate of drug-likeness (QED) is 0.871. The molecule has 2 rings (SSSR count). The largest absolute Gasteiger partial charge is 0.490 e. The average molecular weight is 234 g/mol. The van der Waals surface area contributed by atoms with Crippen molar-refractivity contribution in [3.63, 3.8) is 0 Å². The van der Waals surface area contributed by atoms with Crippen molar-refractivity contribution in [2.24, 2.45) is 5.41 Å². The Morgan fingerprint density at radius 1 is 1.53 bits per heavy atom. The van der Waals surface area contributed by atoms with Crippen LogP contribution in [-0.2, 0) is 11.2 Å². The molecular weight excluding hydrogens is 216 g/mol. The maximum absolute atomic E-state index is 10.9. The molecule has 0 amide bonds. The third-order valence-corrected chi connectivity index (χ3v) is 3.48. The number of carbonyl (C=O) groups is 1. The predicted octanol–water partition coefficient (Wildman–Crippen LogP) is 2.88. The van der Waals surface area contributed by atoms with E-state index in [2.05, 4.69) is 13.0 Å². The lowest BCUT2D eigenvalue weighted by Crippen LogP contribution is -2.47. The lowest BCUT2D eigenvalue weighted by Gasteiger charge is -2.41. The Labute approximate surface area is 101 Å². The molecule has 1 fully saturated rings. The van der Waals surface area contributed by atoms with Crippen LogP contribution in [0.2, 0.25) is 0 Å². The Hall–Kier alpha value is -1.51.